The Bertz CT molecular complexity index is 404. The molecule has 0 saturated carbocycles. The molecular weight excluding hydrogens is 232 g/mol. The van der Waals surface area contributed by atoms with Crippen molar-refractivity contribution in [1.29, 1.82) is 0 Å². The summed E-state index contributed by atoms with van der Waals surface area (Å²) in [5, 5.41) is 5.36. The summed E-state index contributed by atoms with van der Waals surface area (Å²) in [5.74, 6) is 0.296. The van der Waals surface area contributed by atoms with E-state index in [-0.39, 0.29) is 11.8 Å². The van der Waals surface area contributed by atoms with E-state index >= 15 is 0 Å². The minimum atomic E-state index is -0.563. The molecule has 2 amide bonds. The van der Waals surface area contributed by atoms with Crippen LogP contribution in [0.2, 0.25) is 0 Å². The third kappa shape index (κ3) is 4.24. The number of furan rings is 1. The highest BCUT2D eigenvalue weighted by Crippen LogP contribution is 2.12. The Labute approximate surface area is 107 Å². The maximum absolute atomic E-state index is 11.7. The second-order valence-corrected chi connectivity index (χ2v) is 5.24. The first kappa shape index (κ1) is 14.3. The lowest BCUT2D eigenvalue weighted by Gasteiger charge is -2.21. The number of rotatable bonds is 4. The maximum Gasteiger partial charge on any atom is 0.242 e. The van der Waals surface area contributed by atoms with Crippen molar-refractivity contribution in [3.05, 3.63) is 24.2 Å². The van der Waals surface area contributed by atoms with Crippen molar-refractivity contribution in [2.75, 3.05) is 0 Å². The van der Waals surface area contributed by atoms with Crippen LogP contribution in [-0.2, 0) is 16.1 Å². The van der Waals surface area contributed by atoms with E-state index < -0.39 is 11.5 Å². The summed E-state index contributed by atoms with van der Waals surface area (Å²) in [7, 11) is 0. The summed E-state index contributed by atoms with van der Waals surface area (Å²) in [6.07, 6.45) is 1.55. The third-order valence-electron chi connectivity index (χ3n) is 2.44. The Balaban J connectivity index is 2.40. The predicted octanol–water partition coefficient (Wildman–Crippen LogP) is 1.45. The molecule has 2 N–H and O–H groups in total. The molecule has 0 fully saturated rings. The average molecular weight is 252 g/mol. The molecule has 5 nitrogen and oxygen atoms in total. The van der Waals surface area contributed by atoms with Gasteiger partial charge in [0.1, 0.15) is 11.8 Å². The largest absolute Gasteiger partial charge is 0.467 e. The van der Waals surface area contributed by atoms with Gasteiger partial charge in [0.15, 0.2) is 0 Å². The summed E-state index contributed by atoms with van der Waals surface area (Å²) in [6.45, 7) is 7.38. The predicted molar refractivity (Wildman–Crippen MR) is 67.6 cm³/mol. The first-order valence-corrected chi connectivity index (χ1v) is 5.92. The van der Waals surface area contributed by atoms with Gasteiger partial charge in [0.25, 0.3) is 0 Å². The highest BCUT2D eigenvalue weighted by molar-refractivity contribution is 5.89. The molecular formula is C13H20N2O3. The first-order chi connectivity index (χ1) is 8.30. The zero-order valence-corrected chi connectivity index (χ0v) is 11.2. The van der Waals surface area contributed by atoms with Gasteiger partial charge in [-0.1, -0.05) is 20.8 Å². The van der Waals surface area contributed by atoms with Gasteiger partial charge in [-0.25, -0.2) is 0 Å². The molecule has 1 aromatic heterocycles. The van der Waals surface area contributed by atoms with Crippen molar-refractivity contribution in [1.82, 2.24) is 10.6 Å². The smallest absolute Gasteiger partial charge is 0.242 e. The van der Waals surface area contributed by atoms with Gasteiger partial charge < -0.3 is 15.1 Å². The highest BCUT2D eigenvalue weighted by Gasteiger charge is 2.24. The fraction of sp³-hybridized carbons (Fsp3) is 0.538. The van der Waals surface area contributed by atoms with Crippen LogP contribution in [0.4, 0.5) is 0 Å². The molecule has 1 rings (SSSR count). The van der Waals surface area contributed by atoms with Gasteiger partial charge in [0, 0.05) is 5.41 Å². The van der Waals surface area contributed by atoms with Crippen molar-refractivity contribution in [3.8, 4) is 0 Å². The molecule has 0 aliphatic carbocycles. The van der Waals surface area contributed by atoms with Gasteiger partial charge in [-0.3, -0.25) is 9.59 Å². The van der Waals surface area contributed by atoms with Gasteiger partial charge in [0.2, 0.25) is 11.8 Å². The van der Waals surface area contributed by atoms with E-state index in [4.69, 9.17) is 4.42 Å². The number of amides is 2. The topological polar surface area (TPSA) is 71.3 Å². The van der Waals surface area contributed by atoms with Crippen LogP contribution in [0.25, 0.3) is 0 Å². The summed E-state index contributed by atoms with van der Waals surface area (Å²) < 4.78 is 5.10. The summed E-state index contributed by atoms with van der Waals surface area (Å²) in [4.78, 5) is 23.4. The van der Waals surface area contributed by atoms with Gasteiger partial charge in [0.05, 0.1) is 12.8 Å². The van der Waals surface area contributed by atoms with E-state index in [9.17, 15) is 9.59 Å². The van der Waals surface area contributed by atoms with Crippen LogP contribution in [0.5, 0.6) is 0 Å². The summed E-state index contributed by atoms with van der Waals surface area (Å²) in [6, 6.07) is 2.97. The molecule has 0 aliphatic rings. The quantitative estimate of drug-likeness (QED) is 0.852. The molecule has 1 unspecified atom stereocenters. The van der Waals surface area contributed by atoms with E-state index in [1.165, 1.54) is 0 Å². The Morgan fingerprint density at radius 1 is 1.39 bits per heavy atom. The van der Waals surface area contributed by atoms with Gasteiger partial charge in [-0.15, -0.1) is 0 Å². The third-order valence-corrected chi connectivity index (χ3v) is 2.44. The minimum Gasteiger partial charge on any atom is -0.467 e. The van der Waals surface area contributed by atoms with Crippen molar-refractivity contribution in [2.45, 2.75) is 40.3 Å². The molecule has 1 atom stereocenters. The Hall–Kier alpha value is -1.78. The van der Waals surface area contributed by atoms with Crippen LogP contribution in [0, 0.1) is 5.41 Å². The van der Waals surface area contributed by atoms with Gasteiger partial charge >= 0.3 is 0 Å². The van der Waals surface area contributed by atoms with Gasteiger partial charge in [-0.2, -0.15) is 0 Å². The van der Waals surface area contributed by atoms with Crippen LogP contribution in [0.1, 0.15) is 33.5 Å². The number of carbonyl (C=O) groups excluding carboxylic acids is 2. The fourth-order valence-electron chi connectivity index (χ4n) is 1.22. The van der Waals surface area contributed by atoms with Crippen molar-refractivity contribution < 1.29 is 14.0 Å². The number of carbonyl (C=O) groups is 2. The first-order valence-electron chi connectivity index (χ1n) is 5.92. The molecule has 0 spiro atoms. The lowest BCUT2D eigenvalue weighted by molar-refractivity contribution is -0.133. The van der Waals surface area contributed by atoms with Crippen LogP contribution in [-0.4, -0.2) is 17.9 Å². The highest BCUT2D eigenvalue weighted by atomic mass is 16.3. The minimum absolute atomic E-state index is 0.150. The maximum atomic E-state index is 11.7. The molecule has 0 aliphatic heterocycles. The molecule has 100 valence electrons. The molecule has 1 heterocycles. The number of hydrogen-bond acceptors (Lipinski definition) is 3. The Morgan fingerprint density at radius 3 is 2.56 bits per heavy atom. The number of hydrogen-bond donors (Lipinski definition) is 2. The van der Waals surface area contributed by atoms with E-state index in [1.54, 1.807) is 46.1 Å². The molecule has 0 saturated heterocycles. The zero-order valence-electron chi connectivity index (χ0n) is 11.2. The SMILES string of the molecule is CC(NC(=O)C(C)(C)C)C(=O)NCc1ccco1. The second kappa shape index (κ2) is 5.71. The fourth-order valence-corrected chi connectivity index (χ4v) is 1.22. The summed E-state index contributed by atoms with van der Waals surface area (Å²) in [5.41, 5.74) is -0.504. The van der Waals surface area contributed by atoms with Crippen LogP contribution in [0.3, 0.4) is 0 Å². The van der Waals surface area contributed by atoms with Crippen molar-refractivity contribution >= 4 is 11.8 Å². The van der Waals surface area contributed by atoms with E-state index in [2.05, 4.69) is 10.6 Å². The molecule has 1 aromatic rings. The lowest BCUT2D eigenvalue weighted by Crippen LogP contribution is -2.48. The molecule has 0 aromatic carbocycles. The van der Waals surface area contributed by atoms with Gasteiger partial charge in [-0.05, 0) is 19.1 Å². The monoisotopic (exact) mass is 252 g/mol. The Morgan fingerprint density at radius 2 is 2.06 bits per heavy atom. The van der Waals surface area contributed by atoms with Crippen LogP contribution >= 0.6 is 0 Å². The molecule has 18 heavy (non-hydrogen) atoms. The summed E-state index contributed by atoms with van der Waals surface area (Å²) >= 11 is 0. The standard InChI is InChI=1S/C13H20N2O3/c1-9(15-12(17)13(2,3)4)11(16)14-8-10-6-5-7-18-10/h5-7,9H,8H2,1-4H3,(H,14,16)(H,15,17). The van der Waals surface area contributed by atoms with E-state index in [1.807, 2.05) is 0 Å². The number of nitrogens with one attached hydrogen (secondary N) is 2. The van der Waals surface area contributed by atoms with E-state index in [0.29, 0.717) is 12.3 Å². The molecule has 5 heteroatoms. The molecule has 0 bridgehead atoms. The lowest BCUT2D eigenvalue weighted by atomic mass is 9.95. The van der Waals surface area contributed by atoms with Crippen LogP contribution < -0.4 is 10.6 Å². The van der Waals surface area contributed by atoms with Crippen molar-refractivity contribution in [3.63, 3.8) is 0 Å². The normalized spacial score (nSPS) is 12.9. The van der Waals surface area contributed by atoms with Crippen molar-refractivity contribution in [2.24, 2.45) is 5.41 Å². The Kier molecular flexibility index (Phi) is 4.53. The van der Waals surface area contributed by atoms with E-state index in [0.717, 1.165) is 0 Å². The average Bonchev–Trinajstić information content (AvgIpc) is 2.77. The second-order valence-electron chi connectivity index (χ2n) is 5.24. The molecule has 0 radical (unpaired) electrons. The zero-order chi connectivity index (χ0) is 13.8. The van der Waals surface area contributed by atoms with Crippen LogP contribution in [0.15, 0.2) is 22.8 Å².